The largest absolute Gasteiger partial charge is 0.497 e. The molecule has 156 valence electrons. The number of benzene rings is 3. The van der Waals surface area contributed by atoms with Gasteiger partial charge in [0.1, 0.15) is 5.75 Å². The molecule has 0 atom stereocenters. The summed E-state index contributed by atoms with van der Waals surface area (Å²) >= 11 is 0. The molecule has 1 heterocycles. The van der Waals surface area contributed by atoms with Gasteiger partial charge in [0.05, 0.1) is 25.8 Å². The number of nitrogens with one attached hydrogen (secondary N) is 1. The lowest BCUT2D eigenvalue weighted by molar-refractivity contribution is -0.120. The lowest BCUT2D eigenvalue weighted by Crippen LogP contribution is -2.24. The summed E-state index contributed by atoms with van der Waals surface area (Å²) < 4.78 is 7.17. The minimum atomic E-state index is -0.0388. The van der Waals surface area contributed by atoms with E-state index in [2.05, 4.69) is 17.4 Å². The Balaban J connectivity index is 1.50. The molecule has 0 aliphatic heterocycles. The van der Waals surface area contributed by atoms with Crippen LogP contribution in [0.1, 0.15) is 16.7 Å². The molecule has 0 radical (unpaired) electrons. The Morgan fingerprint density at radius 1 is 0.935 bits per heavy atom. The predicted octanol–water partition coefficient (Wildman–Crippen LogP) is 4.47. The van der Waals surface area contributed by atoms with Gasteiger partial charge >= 0.3 is 0 Å². The van der Waals surface area contributed by atoms with Gasteiger partial charge in [-0.25, -0.2) is 0 Å². The van der Waals surface area contributed by atoms with Gasteiger partial charge in [-0.2, -0.15) is 5.10 Å². The third-order valence-electron chi connectivity index (χ3n) is 5.05. The van der Waals surface area contributed by atoms with Crippen molar-refractivity contribution in [2.75, 3.05) is 7.11 Å². The van der Waals surface area contributed by atoms with E-state index in [1.807, 2.05) is 83.7 Å². The number of nitrogens with zero attached hydrogens (tertiary/aromatic N) is 2. The van der Waals surface area contributed by atoms with Crippen molar-refractivity contribution in [3.63, 3.8) is 0 Å². The van der Waals surface area contributed by atoms with Crippen molar-refractivity contribution >= 4 is 5.91 Å². The molecule has 0 spiro atoms. The Hall–Kier alpha value is -3.86. The van der Waals surface area contributed by atoms with Gasteiger partial charge in [0, 0.05) is 23.9 Å². The summed E-state index contributed by atoms with van der Waals surface area (Å²) in [6, 6.07) is 27.8. The van der Waals surface area contributed by atoms with E-state index >= 15 is 0 Å². The average Bonchev–Trinajstić information content (AvgIpc) is 3.21. The summed E-state index contributed by atoms with van der Waals surface area (Å²) in [5.74, 6) is 0.710. The normalized spacial score (nSPS) is 10.6. The second-order valence-corrected chi connectivity index (χ2v) is 7.36. The van der Waals surface area contributed by atoms with Crippen molar-refractivity contribution < 1.29 is 9.53 Å². The van der Waals surface area contributed by atoms with Crippen LogP contribution in [0.15, 0.2) is 91.1 Å². The number of carbonyl (C=O) groups is 1. The minimum Gasteiger partial charge on any atom is -0.497 e. The molecular formula is C26H25N3O2. The van der Waals surface area contributed by atoms with Crippen LogP contribution in [0.5, 0.6) is 5.75 Å². The molecular weight excluding hydrogens is 386 g/mol. The molecule has 0 bridgehead atoms. The highest BCUT2D eigenvalue weighted by atomic mass is 16.5. The number of ether oxygens (including phenoxy) is 1. The van der Waals surface area contributed by atoms with Crippen molar-refractivity contribution in [2.45, 2.75) is 19.5 Å². The Labute approximate surface area is 182 Å². The van der Waals surface area contributed by atoms with E-state index in [4.69, 9.17) is 9.84 Å². The van der Waals surface area contributed by atoms with Crippen molar-refractivity contribution in [3.05, 3.63) is 108 Å². The molecule has 4 aromatic rings. The standard InChI is InChI=1S/C26H25N3O2/c1-31-24-14-8-11-21(15-24)16-25(30)27-17-23-19-29(18-20-9-4-2-5-10-20)28-26(23)22-12-6-3-7-13-22/h2-15,19H,16-18H2,1H3,(H,27,30). The van der Waals surface area contributed by atoms with Crippen molar-refractivity contribution in [1.29, 1.82) is 0 Å². The lowest BCUT2D eigenvalue weighted by atomic mass is 10.1. The van der Waals surface area contributed by atoms with E-state index in [9.17, 15) is 4.79 Å². The number of amides is 1. The van der Waals surface area contributed by atoms with Crippen LogP contribution >= 0.6 is 0 Å². The van der Waals surface area contributed by atoms with Crippen LogP contribution in [0.2, 0.25) is 0 Å². The van der Waals surface area contributed by atoms with Crippen LogP contribution in [0.3, 0.4) is 0 Å². The van der Waals surface area contributed by atoms with Crippen molar-refractivity contribution in [3.8, 4) is 17.0 Å². The highest BCUT2D eigenvalue weighted by molar-refractivity contribution is 5.79. The van der Waals surface area contributed by atoms with Gasteiger partial charge < -0.3 is 10.1 Å². The number of hydrogen-bond donors (Lipinski definition) is 1. The van der Waals surface area contributed by atoms with Crippen molar-refractivity contribution in [2.24, 2.45) is 0 Å². The number of methoxy groups -OCH3 is 1. The number of carbonyl (C=O) groups excluding carboxylic acids is 1. The Morgan fingerprint density at radius 3 is 2.39 bits per heavy atom. The predicted molar refractivity (Wildman–Crippen MR) is 122 cm³/mol. The van der Waals surface area contributed by atoms with Crippen LogP contribution in [-0.2, 0) is 24.3 Å². The molecule has 5 nitrogen and oxygen atoms in total. The molecule has 0 saturated carbocycles. The summed E-state index contributed by atoms with van der Waals surface area (Å²) in [5.41, 5.74) is 5.00. The number of rotatable bonds is 8. The lowest BCUT2D eigenvalue weighted by Gasteiger charge is -2.07. The van der Waals surface area contributed by atoms with Gasteiger partial charge in [-0.1, -0.05) is 72.8 Å². The van der Waals surface area contributed by atoms with E-state index < -0.39 is 0 Å². The zero-order valence-corrected chi connectivity index (χ0v) is 17.5. The summed E-state index contributed by atoms with van der Waals surface area (Å²) in [6.07, 6.45) is 2.32. The summed E-state index contributed by atoms with van der Waals surface area (Å²) in [5, 5.41) is 7.85. The van der Waals surface area contributed by atoms with Crippen LogP contribution in [0, 0.1) is 0 Å². The zero-order chi connectivity index (χ0) is 21.5. The van der Waals surface area contributed by atoms with E-state index in [-0.39, 0.29) is 5.91 Å². The summed E-state index contributed by atoms with van der Waals surface area (Å²) in [6.45, 7) is 1.10. The monoisotopic (exact) mass is 411 g/mol. The van der Waals surface area contributed by atoms with Crippen molar-refractivity contribution in [1.82, 2.24) is 15.1 Å². The van der Waals surface area contributed by atoms with Gasteiger partial charge in [-0.3, -0.25) is 9.48 Å². The fourth-order valence-electron chi connectivity index (χ4n) is 3.51. The van der Waals surface area contributed by atoms with E-state index in [1.54, 1.807) is 7.11 Å². The molecule has 3 aromatic carbocycles. The first kappa shape index (κ1) is 20.4. The van der Waals surface area contributed by atoms with Crippen LogP contribution < -0.4 is 10.1 Å². The number of hydrogen-bond acceptors (Lipinski definition) is 3. The third kappa shape index (κ3) is 5.39. The highest BCUT2D eigenvalue weighted by Gasteiger charge is 2.13. The van der Waals surface area contributed by atoms with Crippen LogP contribution in [-0.4, -0.2) is 22.8 Å². The smallest absolute Gasteiger partial charge is 0.224 e. The quantitative estimate of drug-likeness (QED) is 0.466. The maximum Gasteiger partial charge on any atom is 0.224 e. The van der Waals surface area contributed by atoms with Crippen LogP contribution in [0.4, 0.5) is 0 Å². The van der Waals surface area contributed by atoms with Gasteiger partial charge in [-0.05, 0) is 23.3 Å². The molecule has 0 fully saturated rings. The molecule has 31 heavy (non-hydrogen) atoms. The first-order valence-electron chi connectivity index (χ1n) is 10.3. The van der Waals surface area contributed by atoms with E-state index in [1.165, 1.54) is 5.56 Å². The molecule has 1 N–H and O–H groups in total. The van der Waals surface area contributed by atoms with Gasteiger partial charge in [-0.15, -0.1) is 0 Å². The topological polar surface area (TPSA) is 56.1 Å². The molecule has 0 saturated heterocycles. The summed E-state index contributed by atoms with van der Waals surface area (Å²) in [7, 11) is 1.62. The molecule has 5 heteroatoms. The Bertz CT molecular complexity index is 1140. The van der Waals surface area contributed by atoms with E-state index in [0.29, 0.717) is 19.5 Å². The molecule has 0 unspecified atom stereocenters. The maximum absolute atomic E-state index is 12.6. The van der Waals surface area contributed by atoms with Gasteiger partial charge in [0.15, 0.2) is 0 Å². The molecule has 4 rings (SSSR count). The van der Waals surface area contributed by atoms with Gasteiger partial charge in [0.25, 0.3) is 0 Å². The second-order valence-electron chi connectivity index (χ2n) is 7.36. The fourth-order valence-corrected chi connectivity index (χ4v) is 3.51. The fraction of sp³-hybridized carbons (Fsp3) is 0.154. The first-order chi connectivity index (χ1) is 15.2. The SMILES string of the molecule is COc1cccc(CC(=O)NCc2cn(Cc3ccccc3)nc2-c2ccccc2)c1. The third-order valence-corrected chi connectivity index (χ3v) is 5.05. The molecule has 1 aromatic heterocycles. The van der Waals surface area contributed by atoms with Gasteiger partial charge in [0.2, 0.25) is 5.91 Å². The molecule has 0 aliphatic carbocycles. The minimum absolute atomic E-state index is 0.0388. The Kier molecular flexibility index (Phi) is 6.43. The molecule has 0 aliphatic rings. The van der Waals surface area contributed by atoms with E-state index in [0.717, 1.165) is 28.1 Å². The highest BCUT2D eigenvalue weighted by Crippen LogP contribution is 2.22. The average molecular weight is 412 g/mol. The maximum atomic E-state index is 12.6. The first-order valence-corrected chi connectivity index (χ1v) is 10.3. The second kappa shape index (κ2) is 9.76. The zero-order valence-electron chi connectivity index (χ0n) is 17.5. The summed E-state index contributed by atoms with van der Waals surface area (Å²) in [4.78, 5) is 12.6. The van der Waals surface area contributed by atoms with Crippen LogP contribution in [0.25, 0.3) is 11.3 Å². The number of aromatic nitrogens is 2. The molecule has 1 amide bonds. The Morgan fingerprint density at radius 2 is 1.65 bits per heavy atom.